The molecule has 0 radical (unpaired) electrons. The third kappa shape index (κ3) is 2.17. The zero-order valence-electron chi connectivity index (χ0n) is 12.2. The summed E-state index contributed by atoms with van der Waals surface area (Å²) in [5.41, 5.74) is 5.54. The maximum absolute atomic E-state index is 3.98. The first-order chi connectivity index (χ1) is 8.49. The molecule has 0 spiro atoms. The molecule has 0 saturated carbocycles. The van der Waals surface area contributed by atoms with E-state index in [0.717, 1.165) is 11.0 Å². The van der Waals surface area contributed by atoms with Crippen LogP contribution in [-0.2, 0) is 6.42 Å². The van der Waals surface area contributed by atoms with Gasteiger partial charge in [-0.3, -0.25) is 4.48 Å². The van der Waals surface area contributed by atoms with E-state index < -0.39 is 0 Å². The highest BCUT2D eigenvalue weighted by Crippen LogP contribution is 2.35. The Balaban J connectivity index is 2.59. The highest BCUT2D eigenvalue weighted by atomic mass is 15.3. The molecule has 2 nitrogen and oxygen atoms in total. The molecule has 2 rings (SSSR count). The predicted octanol–water partition coefficient (Wildman–Crippen LogP) is 3.30. The smallest absolute Gasteiger partial charge is 0.141 e. The Labute approximate surface area is 111 Å². The standard InChI is InChI=1S/C16H25N2/c1-6-13-11-14-9-8-10-17(3)15(14)12-16(13)18(4,5)7-2/h6,11-12H,1,7-10H2,2-5H3/q+1. The lowest BCUT2D eigenvalue weighted by Gasteiger charge is -2.33. The lowest BCUT2D eigenvalue weighted by atomic mass is 9.97. The van der Waals surface area contributed by atoms with E-state index in [4.69, 9.17) is 0 Å². The second kappa shape index (κ2) is 4.77. The molecule has 0 unspecified atom stereocenters. The summed E-state index contributed by atoms with van der Waals surface area (Å²) < 4.78 is 0.905. The molecule has 1 aromatic rings. The third-order valence-corrected chi connectivity index (χ3v) is 4.24. The number of fused-ring (bicyclic) bond motifs is 1. The fourth-order valence-electron chi connectivity index (χ4n) is 2.68. The van der Waals surface area contributed by atoms with Crippen molar-refractivity contribution in [1.29, 1.82) is 0 Å². The van der Waals surface area contributed by atoms with Crippen molar-refractivity contribution in [3.05, 3.63) is 29.8 Å². The van der Waals surface area contributed by atoms with Gasteiger partial charge in [-0.1, -0.05) is 12.7 Å². The summed E-state index contributed by atoms with van der Waals surface area (Å²) in [5.74, 6) is 0. The van der Waals surface area contributed by atoms with E-state index in [1.807, 2.05) is 6.08 Å². The van der Waals surface area contributed by atoms with E-state index in [0.29, 0.717) is 0 Å². The van der Waals surface area contributed by atoms with E-state index in [1.54, 1.807) is 0 Å². The molecule has 0 N–H and O–H groups in total. The first kappa shape index (κ1) is 13.2. The average molecular weight is 245 g/mol. The lowest BCUT2D eigenvalue weighted by molar-refractivity contribution is 0.420. The minimum absolute atomic E-state index is 0.905. The summed E-state index contributed by atoms with van der Waals surface area (Å²) in [4.78, 5) is 2.38. The zero-order chi connectivity index (χ0) is 13.3. The van der Waals surface area contributed by atoms with Gasteiger partial charge in [0.15, 0.2) is 0 Å². The minimum Gasteiger partial charge on any atom is -0.374 e. The molecule has 0 fully saturated rings. The molecule has 0 saturated heterocycles. The van der Waals surface area contributed by atoms with Gasteiger partial charge in [-0.2, -0.15) is 0 Å². The van der Waals surface area contributed by atoms with E-state index in [1.165, 1.54) is 41.9 Å². The molecule has 0 atom stereocenters. The van der Waals surface area contributed by atoms with Gasteiger partial charge in [0, 0.05) is 30.9 Å². The van der Waals surface area contributed by atoms with Crippen LogP contribution in [0.15, 0.2) is 18.7 Å². The van der Waals surface area contributed by atoms with E-state index in [-0.39, 0.29) is 0 Å². The van der Waals surface area contributed by atoms with Crippen molar-refractivity contribution in [2.45, 2.75) is 19.8 Å². The molecule has 0 aliphatic carbocycles. The van der Waals surface area contributed by atoms with Crippen molar-refractivity contribution in [2.75, 3.05) is 39.1 Å². The molecule has 1 aromatic carbocycles. The van der Waals surface area contributed by atoms with Gasteiger partial charge in [-0.25, -0.2) is 0 Å². The molecule has 0 bridgehead atoms. The van der Waals surface area contributed by atoms with Gasteiger partial charge in [0.2, 0.25) is 0 Å². The molecular formula is C16H25N2+. The maximum atomic E-state index is 3.98. The average Bonchev–Trinajstić information content (AvgIpc) is 2.37. The molecule has 98 valence electrons. The summed E-state index contributed by atoms with van der Waals surface area (Å²) in [6.45, 7) is 8.47. The van der Waals surface area contributed by atoms with Gasteiger partial charge >= 0.3 is 0 Å². The summed E-state index contributed by atoms with van der Waals surface area (Å²) in [6.07, 6.45) is 4.45. The number of hydrogen-bond acceptors (Lipinski definition) is 1. The fraction of sp³-hybridized carbons (Fsp3) is 0.500. The van der Waals surface area contributed by atoms with Crippen LogP contribution >= 0.6 is 0 Å². The third-order valence-electron chi connectivity index (χ3n) is 4.24. The van der Waals surface area contributed by atoms with Crippen LogP contribution in [0.2, 0.25) is 0 Å². The van der Waals surface area contributed by atoms with Gasteiger partial charge in [-0.15, -0.1) is 0 Å². The van der Waals surface area contributed by atoms with Gasteiger partial charge < -0.3 is 4.90 Å². The molecule has 1 heterocycles. The zero-order valence-corrected chi connectivity index (χ0v) is 12.2. The number of aryl methyl sites for hydroxylation is 1. The number of hydrogen-bond donors (Lipinski definition) is 0. The van der Waals surface area contributed by atoms with Crippen molar-refractivity contribution in [1.82, 2.24) is 4.48 Å². The summed E-state index contributed by atoms with van der Waals surface area (Å²) in [5, 5.41) is 0. The number of nitrogens with zero attached hydrogens (tertiary/aromatic N) is 2. The topological polar surface area (TPSA) is 3.24 Å². The largest absolute Gasteiger partial charge is 0.374 e. The summed E-state index contributed by atoms with van der Waals surface area (Å²) in [6, 6.07) is 4.71. The second-order valence-electron chi connectivity index (χ2n) is 5.77. The first-order valence-corrected chi connectivity index (χ1v) is 6.83. The molecule has 1 aliphatic rings. The SMILES string of the molecule is C=Cc1cc2c(cc1[N+](C)(C)CC)N(C)CCC2. The Kier molecular flexibility index (Phi) is 3.49. The fourth-order valence-corrected chi connectivity index (χ4v) is 2.68. The van der Waals surface area contributed by atoms with Crippen LogP contribution in [0.4, 0.5) is 11.4 Å². The van der Waals surface area contributed by atoms with Crippen LogP contribution in [0.3, 0.4) is 0 Å². The highest BCUT2D eigenvalue weighted by molar-refractivity contribution is 5.73. The molecule has 0 aromatic heterocycles. The second-order valence-corrected chi connectivity index (χ2v) is 5.77. The minimum atomic E-state index is 0.905. The molecular weight excluding hydrogens is 220 g/mol. The monoisotopic (exact) mass is 245 g/mol. The Morgan fingerprint density at radius 3 is 2.72 bits per heavy atom. The Morgan fingerprint density at radius 2 is 2.11 bits per heavy atom. The van der Waals surface area contributed by atoms with Gasteiger partial charge in [0.25, 0.3) is 0 Å². The lowest BCUT2D eigenvalue weighted by Crippen LogP contribution is -2.41. The molecule has 18 heavy (non-hydrogen) atoms. The van der Waals surface area contributed by atoms with Crippen molar-refractivity contribution in [3.8, 4) is 0 Å². The highest BCUT2D eigenvalue weighted by Gasteiger charge is 2.24. The quantitative estimate of drug-likeness (QED) is 0.739. The van der Waals surface area contributed by atoms with Crippen molar-refractivity contribution in [2.24, 2.45) is 0 Å². The van der Waals surface area contributed by atoms with E-state index in [2.05, 4.69) is 51.7 Å². The Morgan fingerprint density at radius 1 is 1.39 bits per heavy atom. The molecule has 0 amide bonds. The number of anilines is 1. The van der Waals surface area contributed by atoms with Crippen LogP contribution in [-0.4, -0.2) is 34.2 Å². The predicted molar refractivity (Wildman–Crippen MR) is 82.3 cm³/mol. The van der Waals surface area contributed by atoms with E-state index in [9.17, 15) is 0 Å². The van der Waals surface area contributed by atoms with Crippen molar-refractivity contribution in [3.63, 3.8) is 0 Å². The van der Waals surface area contributed by atoms with Gasteiger partial charge in [0.1, 0.15) is 5.69 Å². The summed E-state index contributed by atoms with van der Waals surface area (Å²) >= 11 is 0. The van der Waals surface area contributed by atoms with Crippen LogP contribution in [0, 0.1) is 0 Å². The van der Waals surface area contributed by atoms with Gasteiger partial charge in [0.05, 0.1) is 20.6 Å². The van der Waals surface area contributed by atoms with Crippen LogP contribution in [0.1, 0.15) is 24.5 Å². The Hall–Kier alpha value is -1.28. The molecule has 2 heteroatoms. The number of benzene rings is 1. The normalized spacial score (nSPS) is 15.4. The Bertz CT molecular complexity index is 460. The first-order valence-electron chi connectivity index (χ1n) is 6.83. The number of rotatable bonds is 3. The van der Waals surface area contributed by atoms with Crippen LogP contribution in [0.25, 0.3) is 6.08 Å². The van der Waals surface area contributed by atoms with Crippen molar-refractivity contribution >= 4 is 17.5 Å². The molecule has 1 aliphatic heterocycles. The van der Waals surface area contributed by atoms with Gasteiger partial charge in [-0.05, 0) is 31.4 Å². The maximum Gasteiger partial charge on any atom is 0.141 e. The van der Waals surface area contributed by atoms with Crippen LogP contribution < -0.4 is 9.38 Å². The van der Waals surface area contributed by atoms with E-state index >= 15 is 0 Å². The van der Waals surface area contributed by atoms with Crippen molar-refractivity contribution < 1.29 is 0 Å². The number of quaternary nitrogens is 1. The summed E-state index contributed by atoms with van der Waals surface area (Å²) in [7, 11) is 6.72. The van der Waals surface area contributed by atoms with Crippen LogP contribution in [0.5, 0.6) is 0 Å².